The molecule has 2 bridgehead atoms. The summed E-state index contributed by atoms with van der Waals surface area (Å²) in [5.41, 5.74) is 1.12. The quantitative estimate of drug-likeness (QED) is 0.767. The van der Waals surface area contributed by atoms with Crippen molar-refractivity contribution in [3.05, 3.63) is 17.3 Å². The summed E-state index contributed by atoms with van der Waals surface area (Å²) in [7, 11) is 1.66. The molecule has 1 saturated heterocycles. The molecule has 1 N–H and O–H groups in total. The molecule has 0 spiro atoms. The second-order valence-corrected chi connectivity index (χ2v) is 4.05. The van der Waals surface area contributed by atoms with E-state index in [1.54, 1.807) is 7.11 Å². The number of ether oxygens (including phenoxy) is 1. The van der Waals surface area contributed by atoms with Gasteiger partial charge in [0.1, 0.15) is 12.4 Å². The van der Waals surface area contributed by atoms with E-state index in [1.807, 2.05) is 0 Å². The van der Waals surface area contributed by atoms with E-state index in [2.05, 4.69) is 10.3 Å². The van der Waals surface area contributed by atoms with Crippen molar-refractivity contribution in [2.24, 2.45) is 0 Å². The van der Waals surface area contributed by atoms with Crippen LogP contribution in [-0.2, 0) is 17.8 Å². The van der Waals surface area contributed by atoms with Crippen molar-refractivity contribution in [1.82, 2.24) is 10.3 Å². The summed E-state index contributed by atoms with van der Waals surface area (Å²) in [6.07, 6.45) is 3.43. The number of nitrogens with zero attached hydrogens (tertiary/aromatic N) is 1. The van der Waals surface area contributed by atoms with Crippen molar-refractivity contribution in [2.75, 3.05) is 7.11 Å². The standard InChI is InChI=1S/C10H14N2O2/c1-13-5-9-12-10-7-3-2-6(11-7)4-8(10)14-9/h6-7,11H,2-5H2,1H3. The second kappa shape index (κ2) is 3.07. The lowest BCUT2D eigenvalue weighted by Gasteiger charge is -2.18. The minimum atomic E-state index is 0.429. The highest BCUT2D eigenvalue weighted by Gasteiger charge is 2.36. The largest absolute Gasteiger partial charge is 0.443 e. The van der Waals surface area contributed by atoms with Crippen LogP contribution in [0.25, 0.3) is 0 Å². The number of oxazole rings is 1. The molecule has 4 nitrogen and oxygen atoms in total. The number of hydrogen-bond acceptors (Lipinski definition) is 4. The van der Waals surface area contributed by atoms with Crippen molar-refractivity contribution in [1.29, 1.82) is 0 Å². The average molecular weight is 194 g/mol. The maximum Gasteiger partial charge on any atom is 0.220 e. The summed E-state index contributed by atoms with van der Waals surface area (Å²) in [5.74, 6) is 1.79. The Kier molecular flexibility index (Phi) is 1.85. The lowest BCUT2D eigenvalue weighted by Crippen LogP contribution is -2.31. The van der Waals surface area contributed by atoms with Gasteiger partial charge in [-0.1, -0.05) is 0 Å². The van der Waals surface area contributed by atoms with E-state index in [-0.39, 0.29) is 0 Å². The number of rotatable bonds is 2. The molecule has 2 aliphatic heterocycles. The smallest absolute Gasteiger partial charge is 0.220 e. The second-order valence-electron chi connectivity index (χ2n) is 4.05. The third kappa shape index (κ3) is 1.18. The molecule has 1 fully saturated rings. The Morgan fingerprint density at radius 3 is 3.36 bits per heavy atom. The van der Waals surface area contributed by atoms with E-state index < -0.39 is 0 Å². The van der Waals surface area contributed by atoms with Crippen LogP contribution in [0.4, 0.5) is 0 Å². The molecule has 1 aromatic rings. The van der Waals surface area contributed by atoms with Crippen LogP contribution in [0.5, 0.6) is 0 Å². The van der Waals surface area contributed by atoms with Gasteiger partial charge in [-0.05, 0) is 12.8 Å². The Morgan fingerprint density at radius 1 is 1.57 bits per heavy atom. The highest BCUT2D eigenvalue weighted by molar-refractivity contribution is 5.22. The van der Waals surface area contributed by atoms with Gasteiger partial charge >= 0.3 is 0 Å². The molecule has 2 unspecified atom stereocenters. The molecule has 3 rings (SSSR count). The maximum atomic E-state index is 5.65. The molecule has 0 aromatic carbocycles. The van der Waals surface area contributed by atoms with Crippen molar-refractivity contribution >= 4 is 0 Å². The summed E-state index contributed by atoms with van der Waals surface area (Å²) in [6, 6.07) is 1.04. The van der Waals surface area contributed by atoms with E-state index in [1.165, 1.54) is 12.8 Å². The van der Waals surface area contributed by atoms with Gasteiger partial charge < -0.3 is 14.5 Å². The van der Waals surface area contributed by atoms with Crippen molar-refractivity contribution in [3.63, 3.8) is 0 Å². The van der Waals surface area contributed by atoms with Crippen molar-refractivity contribution in [2.45, 2.75) is 38.0 Å². The number of aromatic nitrogens is 1. The normalized spacial score (nSPS) is 29.2. The molecule has 0 radical (unpaired) electrons. The van der Waals surface area contributed by atoms with E-state index in [9.17, 15) is 0 Å². The highest BCUT2D eigenvalue weighted by Crippen LogP contribution is 2.35. The summed E-state index contributed by atoms with van der Waals surface area (Å²) >= 11 is 0. The first-order valence-corrected chi connectivity index (χ1v) is 5.10. The van der Waals surface area contributed by atoms with Gasteiger partial charge in [0.15, 0.2) is 0 Å². The lowest BCUT2D eigenvalue weighted by molar-refractivity contribution is 0.158. The van der Waals surface area contributed by atoms with Crippen LogP contribution in [0.1, 0.15) is 36.2 Å². The third-order valence-electron chi connectivity index (χ3n) is 3.04. The zero-order chi connectivity index (χ0) is 9.54. The van der Waals surface area contributed by atoms with Crippen LogP contribution >= 0.6 is 0 Å². The number of hydrogen-bond donors (Lipinski definition) is 1. The minimum absolute atomic E-state index is 0.429. The molecular formula is C10H14N2O2. The fourth-order valence-corrected chi connectivity index (χ4v) is 2.44. The molecule has 1 aromatic heterocycles. The monoisotopic (exact) mass is 194 g/mol. The summed E-state index contributed by atoms with van der Waals surface area (Å²) in [4.78, 5) is 4.47. The van der Waals surface area contributed by atoms with Gasteiger partial charge in [0.2, 0.25) is 5.89 Å². The molecule has 0 saturated carbocycles. The summed E-state index contributed by atoms with van der Waals surface area (Å²) in [5, 5.41) is 3.54. The first-order chi connectivity index (χ1) is 6.86. The summed E-state index contributed by atoms with van der Waals surface area (Å²) < 4.78 is 10.7. The molecular weight excluding hydrogens is 180 g/mol. The zero-order valence-electron chi connectivity index (χ0n) is 8.25. The fourth-order valence-electron chi connectivity index (χ4n) is 2.44. The molecule has 0 aliphatic carbocycles. The fraction of sp³-hybridized carbons (Fsp3) is 0.700. The maximum absolute atomic E-state index is 5.65. The minimum Gasteiger partial charge on any atom is -0.443 e. The first kappa shape index (κ1) is 8.44. The van der Waals surface area contributed by atoms with Gasteiger partial charge in [0.05, 0.1) is 11.7 Å². The first-order valence-electron chi connectivity index (χ1n) is 5.10. The molecule has 76 valence electrons. The Hall–Kier alpha value is -0.870. The van der Waals surface area contributed by atoms with Crippen LogP contribution < -0.4 is 5.32 Å². The van der Waals surface area contributed by atoms with Crippen molar-refractivity contribution in [3.8, 4) is 0 Å². The van der Waals surface area contributed by atoms with E-state index >= 15 is 0 Å². The SMILES string of the molecule is COCc1nc2c(o1)CC1CCC2N1. The number of fused-ring (bicyclic) bond motifs is 4. The Balaban J connectivity index is 1.94. The predicted molar refractivity (Wildman–Crippen MR) is 49.8 cm³/mol. The van der Waals surface area contributed by atoms with E-state index in [0.717, 1.165) is 17.9 Å². The van der Waals surface area contributed by atoms with Crippen LogP contribution in [0.15, 0.2) is 4.42 Å². The molecule has 3 heterocycles. The third-order valence-corrected chi connectivity index (χ3v) is 3.04. The zero-order valence-corrected chi connectivity index (χ0v) is 8.25. The average Bonchev–Trinajstić information content (AvgIpc) is 2.73. The number of nitrogens with one attached hydrogen (secondary N) is 1. The lowest BCUT2D eigenvalue weighted by atomic mass is 10.1. The Morgan fingerprint density at radius 2 is 2.50 bits per heavy atom. The highest BCUT2D eigenvalue weighted by atomic mass is 16.5. The van der Waals surface area contributed by atoms with E-state index in [0.29, 0.717) is 24.6 Å². The van der Waals surface area contributed by atoms with Gasteiger partial charge in [-0.15, -0.1) is 0 Å². The molecule has 14 heavy (non-hydrogen) atoms. The van der Waals surface area contributed by atoms with Gasteiger partial charge in [-0.25, -0.2) is 4.98 Å². The predicted octanol–water partition coefficient (Wildman–Crippen LogP) is 1.17. The van der Waals surface area contributed by atoms with E-state index in [4.69, 9.17) is 9.15 Å². The Bertz CT molecular complexity index is 348. The van der Waals surface area contributed by atoms with Gasteiger partial charge in [0.25, 0.3) is 0 Å². The summed E-state index contributed by atoms with van der Waals surface area (Å²) in [6.45, 7) is 0.477. The van der Waals surface area contributed by atoms with Crippen molar-refractivity contribution < 1.29 is 9.15 Å². The van der Waals surface area contributed by atoms with Crippen LogP contribution in [0, 0.1) is 0 Å². The Labute approximate surface area is 82.7 Å². The molecule has 4 heteroatoms. The van der Waals surface area contributed by atoms with Gasteiger partial charge in [-0.2, -0.15) is 0 Å². The van der Waals surface area contributed by atoms with Gasteiger partial charge in [0, 0.05) is 19.6 Å². The molecule has 0 amide bonds. The van der Waals surface area contributed by atoms with Crippen LogP contribution in [-0.4, -0.2) is 18.1 Å². The van der Waals surface area contributed by atoms with Crippen LogP contribution in [0.3, 0.4) is 0 Å². The molecule has 2 aliphatic rings. The van der Waals surface area contributed by atoms with Crippen LogP contribution in [0.2, 0.25) is 0 Å². The number of methoxy groups -OCH3 is 1. The van der Waals surface area contributed by atoms with Gasteiger partial charge in [-0.3, -0.25) is 0 Å². The molecule has 2 atom stereocenters. The topological polar surface area (TPSA) is 47.3 Å².